The maximum absolute atomic E-state index is 6.06. The summed E-state index contributed by atoms with van der Waals surface area (Å²) in [5.41, 5.74) is 5.39. The number of hydrogen-bond donors (Lipinski definition) is 1. The summed E-state index contributed by atoms with van der Waals surface area (Å²) in [7, 11) is 2.20. The Morgan fingerprint density at radius 2 is 1.85 bits per heavy atom. The van der Waals surface area contributed by atoms with Crippen molar-refractivity contribution < 1.29 is 4.42 Å². The van der Waals surface area contributed by atoms with Gasteiger partial charge in [0.2, 0.25) is 5.89 Å². The lowest BCUT2D eigenvalue weighted by Crippen LogP contribution is -2.29. The molecule has 0 spiro atoms. The molecule has 4 nitrogen and oxygen atoms in total. The lowest BCUT2D eigenvalue weighted by Gasteiger charge is -2.28. The molecule has 0 atom stereocenters. The van der Waals surface area contributed by atoms with E-state index < -0.39 is 0 Å². The maximum Gasteiger partial charge on any atom is 0.227 e. The fraction of sp³-hybridized carbons (Fsp3) is 0.286. The van der Waals surface area contributed by atoms with E-state index in [0.717, 1.165) is 35.3 Å². The molecule has 5 heteroatoms. The first kappa shape index (κ1) is 17.1. The summed E-state index contributed by atoms with van der Waals surface area (Å²) in [5, 5.41) is 1.23. The molecule has 5 rings (SSSR count). The summed E-state index contributed by atoms with van der Waals surface area (Å²) in [4.78, 5) is 10.7. The highest BCUT2D eigenvalue weighted by atomic mass is 35.5. The number of benzene rings is 2. The minimum Gasteiger partial charge on any atom is -0.436 e. The number of rotatable bonds is 2. The van der Waals surface area contributed by atoms with E-state index in [1.807, 2.05) is 36.4 Å². The summed E-state index contributed by atoms with van der Waals surface area (Å²) in [6, 6.07) is 14.2. The van der Waals surface area contributed by atoms with Gasteiger partial charge in [0.1, 0.15) is 5.52 Å². The molecule has 26 heavy (non-hydrogen) atoms. The summed E-state index contributed by atoms with van der Waals surface area (Å²) >= 11 is 0. The van der Waals surface area contributed by atoms with Crippen molar-refractivity contribution in [2.24, 2.45) is 0 Å². The highest BCUT2D eigenvalue weighted by Crippen LogP contribution is 2.37. The molecule has 2 aromatic heterocycles. The number of piperidine rings is 1. The maximum atomic E-state index is 6.06. The topological polar surface area (TPSA) is 45.1 Å². The standard InChI is InChI=1S/C21H21N3O.ClH/c1-24-11-9-14(10-12-24)16-13-22-17-7-8-18-20(19(16)17)23-21(25-18)15-5-3-2-4-6-15;/h2-8,13-14,22H,9-12H2,1H3;1H. The van der Waals surface area contributed by atoms with Crippen LogP contribution < -0.4 is 0 Å². The van der Waals surface area contributed by atoms with Gasteiger partial charge in [0.15, 0.2) is 5.58 Å². The van der Waals surface area contributed by atoms with E-state index in [4.69, 9.17) is 9.40 Å². The number of hydrogen-bond acceptors (Lipinski definition) is 3. The molecule has 0 aliphatic carbocycles. The second kappa shape index (κ2) is 6.78. The molecule has 0 amide bonds. The van der Waals surface area contributed by atoms with Gasteiger partial charge in [-0.2, -0.15) is 0 Å². The summed E-state index contributed by atoms with van der Waals surface area (Å²) < 4.78 is 6.06. The van der Waals surface area contributed by atoms with Crippen LogP contribution in [0, 0.1) is 0 Å². The van der Waals surface area contributed by atoms with Crippen LogP contribution in [-0.2, 0) is 0 Å². The van der Waals surface area contributed by atoms with Gasteiger partial charge in [0.05, 0.1) is 0 Å². The van der Waals surface area contributed by atoms with Crippen molar-refractivity contribution in [3.8, 4) is 11.5 Å². The average Bonchev–Trinajstić information content (AvgIpc) is 3.27. The third-order valence-electron chi connectivity index (χ3n) is 5.41. The molecule has 0 saturated carbocycles. The van der Waals surface area contributed by atoms with Crippen LogP contribution in [-0.4, -0.2) is 35.0 Å². The van der Waals surface area contributed by atoms with Crippen molar-refractivity contribution in [3.05, 3.63) is 54.2 Å². The van der Waals surface area contributed by atoms with E-state index >= 15 is 0 Å². The van der Waals surface area contributed by atoms with E-state index in [0.29, 0.717) is 11.8 Å². The monoisotopic (exact) mass is 367 g/mol. The lowest BCUT2D eigenvalue weighted by atomic mass is 9.89. The largest absolute Gasteiger partial charge is 0.436 e. The number of likely N-dealkylation sites (tertiary alicyclic amines) is 1. The SMILES string of the molecule is CN1CCC(c2c[nH]c3ccc4oc(-c5ccccc5)nc4c23)CC1.Cl. The number of oxazole rings is 1. The van der Waals surface area contributed by atoms with Crippen LogP contribution in [0.3, 0.4) is 0 Å². The van der Waals surface area contributed by atoms with Gasteiger partial charge in [-0.3, -0.25) is 0 Å². The van der Waals surface area contributed by atoms with Crippen LogP contribution in [0.5, 0.6) is 0 Å². The molecule has 1 aliphatic rings. The van der Waals surface area contributed by atoms with Gasteiger partial charge in [-0.05, 0) is 68.7 Å². The summed E-state index contributed by atoms with van der Waals surface area (Å²) in [6.07, 6.45) is 4.57. The number of nitrogens with zero attached hydrogens (tertiary/aromatic N) is 2. The Balaban J connectivity index is 0.00000168. The third kappa shape index (κ3) is 2.79. The number of H-pyrrole nitrogens is 1. The molecule has 4 aromatic rings. The first-order chi connectivity index (χ1) is 12.3. The molecule has 134 valence electrons. The van der Waals surface area contributed by atoms with Gasteiger partial charge < -0.3 is 14.3 Å². The second-order valence-corrected chi connectivity index (χ2v) is 7.04. The van der Waals surface area contributed by atoms with Crippen LogP contribution in [0.4, 0.5) is 0 Å². The lowest BCUT2D eigenvalue weighted by molar-refractivity contribution is 0.256. The Labute approximate surface area is 158 Å². The third-order valence-corrected chi connectivity index (χ3v) is 5.41. The van der Waals surface area contributed by atoms with Crippen molar-refractivity contribution in [1.82, 2.24) is 14.9 Å². The predicted octanol–water partition coefficient (Wildman–Crippen LogP) is 5.21. The molecule has 2 aromatic carbocycles. The summed E-state index contributed by atoms with van der Waals surface area (Å²) in [6.45, 7) is 2.31. The number of halogens is 1. The molecule has 0 unspecified atom stereocenters. The Bertz CT molecular complexity index is 1030. The predicted molar refractivity (Wildman–Crippen MR) is 108 cm³/mol. The smallest absolute Gasteiger partial charge is 0.227 e. The first-order valence-electron chi connectivity index (χ1n) is 8.94. The summed E-state index contributed by atoms with van der Waals surface area (Å²) in [5.74, 6) is 1.28. The Hall–Kier alpha value is -2.30. The number of nitrogens with one attached hydrogen (secondary N) is 1. The van der Waals surface area contributed by atoms with Crippen LogP contribution in [0.2, 0.25) is 0 Å². The zero-order chi connectivity index (χ0) is 16.8. The highest BCUT2D eigenvalue weighted by Gasteiger charge is 2.23. The molecular formula is C21H22ClN3O. The molecule has 1 aliphatic heterocycles. The molecular weight excluding hydrogens is 346 g/mol. The van der Waals surface area contributed by atoms with Gasteiger partial charge in [-0.1, -0.05) is 18.2 Å². The van der Waals surface area contributed by atoms with Crippen LogP contribution in [0.25, 0.3) is 33.5 Å². The Kier molecular flexibility index (Phi) is 4.47. The van der Waals surface area contributed by atoms with Gasteiger partial charge in [0, 0.05) is 22.7 Å². The Morgan fingerprint density at radius 1 is 1.08 bits per heavy atom. The molecule has 0 bridgehead atoms. The fourth-order valence-corrected chi connectivity index (χ4v) is 3.98. The highest BCUT2D eigenvalue weighted by molar-refractivity contribution is 6.05. The van der Waals surface area contributed by atoms with Crippen LogP contribution in [0.15, 0.2) is 53.1 Å². The second-order valence-electron chi connectivity index (χ2n) is 7.04. The van der Waals surface area contributed by atoms with Crippen molar-refractivity contribution in [1.29, 1.82) is 0 Å². The Morgan fingerprint density at radius 3 is 2.62 bits per heavy atom. The molecule has 3 heterocycles. The van der Waals surface area contributed by atoms with Crippen molar-refractivity contribution in [2.45, 2.75) is 18.8 Å². The van der Waals surface area contributed by atoms with E-state index in [2.05, 4.69) is 29.2 Å². The normalized spacial score (nSPS) is 16.2. The van der Waals surface area contributed by atoms with Gasteiger partial charge in [-0.15, -0.1) is 12.4 Å². The molecule has 0 radical (unpaired) electrons. The van der Waals surface area contributed by atoms with E-state index in [9.17, 15) is 0 Å². The van der Waals surface area contributed by atoms with Crippen molar-refractivity contribution in [2.75, 3.05) is 20.1 Å². The quantitative estimate of drug-likeness (QED) is 0.529. The minimum absolute atomic E-state index is 0. The zero-order valence-corrected chi connectivity index (χ0v) is 15.6. The van der Waals surface area contributed by atoms with Crippen molar-refractivity contribution in [3.63, 3.8) is 0 Å². The van der Waals surface area contributed by atoms with Crippen LogP contribution in [0.1, 0.15) is 24.3 Å². The molecule has 1 saturated heterocycles. The zero-order valence-electron chi connectivity index (χ0n) is 14.7. The van der Waals surface area contributed by atoms with Gasteiger partial charge in [0.25, 0.3) is 0 Å². The fourth-order valence-electron chi connectivity index (χ4n) is 3.98. The van der Waals surface area contributed by atoms with Crippen LogP contribution >= 0.6 is 12.4 Å². The molecule has 1 fully saturated rings. The first-order valence-corrected chi connectivity index (χ1v) is 8.94. The van der Waals surface area contributed by atoms with Crippen molar-refractivity contribution >= 4 is 34.4 Å². The van der Waals surface area contributed by atoms with E-state index in [1.165, 1.54) is 23.8 Å². The van der Waals surface area contributed by atoms with Gasteiger partial charge in [-0.25, -0.2) is 4.98 Å². The number of aromatic nitrogens is 2. The average molecular weight is 368 g/mol. The number of fused-ring (bicyclic) bond motifs is 3. The van der Waals surface area contributed by atoms with E-state index in [-0.39, 0.29) is 12.4 Å². The van der Waals surface area contributed by atoms with E-state index in [1.54, 1.807) is 0 Å². The number of aromatic amines is 1. The van der Waals surface area contributed by atoms with Gasteiger partial charge >= 0.3 is 0 Å². The molecule has 1 N–H and O–H groups in total. The minimum atomic E-state index is 0.